The van der Waals surface area contributed by atoms with Crippen LogP contribution in [0, 0.1) is 5.92 Å². The number of hydrogen-bond donors (Lipinski definition) is 1. The molecule has 1 saturated carbocycles. The van der Waals surface area contributed by atoms with E-state index in [1.165, 1.54) is 18.4 Å². The zero-order valence-corrected chi connectivity index (χ0v) is 11.1. The lowest BCUT2D eigenvalue weighted by Gasteiger charge is -2.37. The van der Waals surface area contributed by atoms with Gasteiger partial charge in [0.1, 0.15) is 0 Å². The molecule has 1 nitrogen and oxygen atoms in total. The third-order valence-corrected chi connectivity index (χ3v) is 4.31. The lowest BCUT2D eigenvalue weighted by atomic mass is 9.73. The molecule has 1 fully saturated rings. The molecule has 1 aliphatic rings. The average molecular weight is 232 g/mol. The van der Waals surface area contributed by atoms with Crippen LogP contribution in [0.3, 0.4) is 0 Å². The molecule has 94 valence electrons. The fourth-order valence-corrected chi connectivity index (χ4v) is 3.03. The maximum absolute atomic E-state index is 10.8. The Labute approximate surface area is 105 Å². The van der Waals surface area contributed by atoms with Gasteiger partial charge in [0.25, 0.3) is 0 Å². The number of hydrogen-bond acceptors (Lipinski definition) is 1. The van der Waals surface area contributed by atoms with Gasteiger partial charge in [-0.15, -0.1) is 0 Å². The smallest absolute Gasteiger partial charge is 0.0899 e. The van der Waals surface area contributed by atoms with Crippen molar-refractivity contribution >= 4 is 0 Å². The van der Waals surface area contributed by atoms with Gasteiger partial charge in [0, 0.05) is 0 Å². The molecule has 0 aliphatic heterocycles. The summed E-state index contributed by atoms with van der Waals surface area (Å²) >= 11 is 0. The summed E-state index contributed by atoms with van der Waals surface area (Å²) in [5.41, 5.74) is 1.90. The number of aryl methyl sites for hydroxylation is 1. The maximum Gasteiger partial charge on any atom is 0.0899 e. The van der Waals surface area contributed by atoms with Crippen LogP contribution >= 0.6 is 0 Å². The third-order valence-electron chi connectivity index (χ3n) is 4.31. The lowest BCUT2D eigenvalue weighted by Crippen LogP contribution is -2.32. The van der Waals surface area contributed by atoms with Crippen LogP contribution in [0.1, 0.15) is 57.1 Å². The normalized spacial score (nSPS) is 29.2. The summed E-state index contributed by atoms with van der Waals surface area (Å²) in [4.78, 5) is 0. The van der Waals surface area contributed by atoms with Crippen LogP contribution < -0.4 is 0 Å². The van der Waals surface area contributed by atoms with Crippen LogP contribution in [0.5, 0.6) is 0 Å². The van der Waals surface area contributed by atoms with Gasteiger partial charge in [-0.1, -0.05) is 51.0 Å². The first-order valence-corrected chi connectivity index (χ1v) is 6.99. The Bertz CT molecular complexity index is 354. The van der Waals surface area contributed by atoms with Crippen molar-refractivity contribution in [1.29, 1.82) is 0 Å². The van der Waals surface area contributed by atoms with Gasteiger partial charge in [-0.2, -0.15) is 0 Å². The number of benzene rings is 1. The molecule has 0 saturated heterocycles. The summed E-state index contributed by atoms with van der Waals surface area (Å²) in [6.07, 6.45) is 6.56. The highest BCUT2D eigenvalue weighted by molar-refractivity contribution is 5.27. The van der Waals surface area contributed by atoms with Gasteiger partial charge in [-0.25, -0.2) is 0 Å². The third kappa shape index (κ3) is 2.71. The molecule has 0 spiro atoms. The Morgan fingerprint density at radius 2 is 1.94 bits per heavy atom. The Hall–Kier alpha value is -0.820. The number of aliphatic hydroxyl groups is 1. The SMILES string of the molecule is CCc1ccc(C2(O)CCCC(CC)C2)cc1. The molecule has 2 rings (SSSR count). The molecular weight excluding hydrogens is 208 g/mol. The Morgan fingerprint density at radius 3 is 2.53 bits per heavy atom. The molecule has 17 heavy (non-hydrogen) atoms. The summed E-state index contributed by atoms with van der Waals surface area (Å²) < 4.78 is 0. The van der Waals surface area contributed by atoms with Crippen molar-refractivity contribution in [3.05, 3.63) is 35.4 Å². The molecule has 0 bridgehead atoms. The summed E-state index contributed by atoms with van der Waals surface area (Å²) in [5.74, 6) is 0.694. The molecule has 1 N–H and O–H groups in total. The van der Waals surface area contributed by atoms with Crippen molar-refractivity contribution in [2.24, 2.45) is 5.92 Å². The molecule has 1 aliphatic carbocycles. The first-order chi connectivity index (χ1) is 8.18. The van der Waals surface area contributed by atoms with Gasteiger partial charge in [0.2, 0.25) is 0 Å². The minimum absolute atomic E-state index is 0.564. The highest BCUT2D eigenvalue weighted by Gasteiger charge is 2.34. The van der Waals surface area contributed by atoms with Crippen LogP contribution in [-0.4, -0.2) is 5.11 Å². The fraction of sp³-hybridized carbons (Fsp3) is 0.625. The molecule has 2 unspecified atom stereocenters. The average Bonchev–Trinajstić information content (AvgIpc) is 2.39. The van der Waals surface area contributed by atoms with Crippen LogP contribution in [0.15, 0.2) is 24.3 Å². The predicted octanol–water partition coefficient (Wildman–Crippen LogP) is 4.04. The summed E-state index contributed by atoms with van der Waals surface area (Å²) in [6, 6.07) is 8.56. The quantitative estimate of drug-likeness (QED) is 0.834. The van der Waals surface area contributed by atoms with Crippen LogP contribution in [0.25, 0.3) is 0 Å². The van der Waals surface area contributed by atoms with E-state index in [1.807, 2.05) is 0 Å². The second-order valence-electron chi connectivity index (χ2n) is 5.45. The van der Waals surface area contributed by atoms with Crippen LogP contribution in [0.4, 0.5) is 0 Å². The molecular formula is C16H24O. The molecule has 0 aromatic heterocycles. The van der Waals surface area contributed by atoms with Gasteiger partial charge in [0.05, 0.1) is 5.60 Å². The summed E-state index contributed by atoms with van der Waals surface area (Å²) in [5, 5.41) is 10.8. The lowest BCUT2D eigenvalue weighted by molar-refractivity contribution is -0.0217. The van der Waals surface area contributed by atoms with E-state index in [-0.39, 0.29) is 0 Å². The van der Waals surface area contributed by atoms with Crippen molar-refractivity contribution in [1.82, 2.24) is 0 Å². The van der Waals surface area contributed by atoms with Gasteiger partial charge < -0.3 is 5.11 Å². The van der Waals surface area contributed by atoms with Crippen LogP contribution in [0.2, 0.25) is 0 Å². The molecule has 0 heterocycles. The van der Waals surface area contributed by atoms with Gasteiger partial charge in [-0.05, 0) is 42.7 Å². The van der Waals surface area contributed by atoms with Crippen molar-refractivity contribution in [3.63, 3.8) is 0 Å². The van der Waals surface area contributed by atoms with Crippen molar-refractivity contribution in [2.45, 2.75) is 58.0 Å². The van der Waals surface area contributed by atoms with Gasteiger partial charge >= 0.3 is 0 Å². The van der Waals surface area contributed by atoms with E-state index in [0.717, 1.165) is 31.2 Å². The van der Waals surface area contributed by atoms with E-state index < -0.39 is 5.60 Å². The van der Waals surface area contributed by atoms with E-state index in [1.54, 1.807) is 0 Å². The maximum atomic E-state index is 10.8. The molecule has 1 aromatic carbocycles. The van der Waals surface area contributed by atoms with E-state index in [0.29, 0.717) is 5.92 Å². The van der Waals surface area contributed by atoms with E-state index in [9.17, 15) is 5.11 Å². The van der Waals surface area contributed by atoms with Crippen LogP contribution in [-0.2, 0) is 12.0 Å². The summed E-state index contributed by atoms with van der Waals surface area (Å²) in [7, 11) is 0. The van der Waals surface area contributed by atoms with Crippen molar-refractivity contribution < 1.29 is 5.11 Å². The van der Waals surface area contributed by atoms with E-state index in [2.05, 4.69) is 38.1 Å². The Kier molecular flexibility index (Phi) is 3.88. The predicted molar refractivity (Wildman–Crippen MR) is 72.0 cm³/mol. The molecule has 0 radical (unpaired) electrons. The fourth-order valence-electron chi connectivity index (χ4n) is 3.03. The minimum Gasteiger partial charge on any atom is -0.385 e. The zero-order chi connectivity index (χ0) is 12.3. The monoisotopic (exact) mass is 232 g/mol. The second-order valence-corrected chi connectivity index (χ2v) is 5.45. The second kappa shape index (κ2) is 5.22. The Morgan fingerprint density at radius 1 is 1.24 bits per heavy atom. The Balaban J connectivity index is 2.18. The zero-order valence-electron chi connectivity index (χ0n) is 11.1. The molecule has 1 heteroatoms. The highest BCUT2D eigenvalue weighted by Crippen LogP contribution is 2.40. The first-order valence-electron chi connectivity index (χ1n) is 6.99. The largest absolute Gasteiger partial charge is 0.385 e. The van der Waals surface area contributed by atoms with Gasteiger partial charge in [0.15, 0.2) is 0 Å². The highest BCUT2D eigenvalue weighted by atomic mass is 16.3. The van der Waals surface area contributed by atoms with E-state index >= 15 is 0 Å². The van der Waals surface area contributed by atoms with E-state index in [4.69, 9.17) is 0 Å². The van der Waals surface area contributed by atoms with Crippen molar-refractivity contribution in [3.8, 4) is 0 Å². The van der Waals surface area contributed by atoms with Crippen molar-refractivity contribution in [2.75, 3.05) is 0 Å². The topological polar surface area (TPSA) is 20.2 Å². The first kappa shape index (κ1) is 12.6. The summed E-state index contributed by atoms with van der Waals surface area (Å²) in [6.45, 7) is 4.40. The number of rotatable bonds is 3. The standard InChI is InChI=1S/C16H24O/c1-3-13-7-9-15(10-8-13)16(17)11-5-6-14(4-2)12-16/h7-10,14,17H,3-6,11-12H2,1-2H3. The molecule has 1 aromatic rings. The molecule has 0 amide bonds. The minimum atomic E-state index is -0.564. The van der Waals surface area contributed by atoms with Gasteiger partial charge in [-0.3, -0.25) is 0 Å². The molecule has 2 atom stereocenters.